The third kappa shape index (κ3) is 1.88. The number of aliphatic hydroxyl groups excluding tert-OH is 1. The Kier molecular flexibility index (Phi) is 2.94. The largest absolute Gasteiger partial charge is 0.391 e. The van der Waals surface area contributed by atoms with Gasteiger partial charge in [-0.3, -0.25) is 4.79 Å². The molecule has 5 heteroatoms. The smallest absolute Gasteiger partial charge is 0.267 e. The van der Waals surface area contributed by atoms with E-state index in [0.29, 0.717) is 11.2 Å². The van der Waals surface area contributed by atoms with Crippen LogP contribution < -0.4 is 5.32 Å². The number of fused-ring (bicyclic) bond motifs is 2. The molecule has 0 aromatic rings. The minimum atomic E-state index is -0.806. The van der Waals surface area contributed by atoms with Crippen LogP contribution in [-0.2, 0) is 4.79 Å². The zero-order chi connectivity index (χ0) is 12.9. The Morgan fingerprint density at radius 1 is 1.50 bits per heavy atom. The first-order valence-corrected chi connectivity index (χ1v) is 7.57. The summed E-state index contributed by atoms with van der Waals surface area (Å²) in [5.74, 6) is 1.42. The number of rotatable bonds is 2. The second kappa shape index (κ2) is 4.23. The fourth-order valence-corrected chi connectivity index (χ4v) is 4.42. The van der Waals surface area contributed by atoms with Crippen molar-refractivity contribution >= 4 is 22.8 Å². The van der Waals surface area contributed by atoms with E-state index in [2.05, 4.69) is 10.3 Å². The summed E-state index contributed by atoms with van der Waals surface area (Å²) < 4.78 is -0.806. The predicted octanol–water partition coefficient (Wildman–Crippen LogP) is 1.53. The molecular weight excluding hydrogens is 248 g/mol. The van der Waals surface area contributed by atoms with E-state index in [4.69, 9.17) is 0 Å². The minimum Gasteiger partial charge on any atom is -0.391 e. The van der Waals surface area contributed by atoms with Gasteiger partial charge < -0.3 is 10.4 Å². The van der Waals surface area contributed by atoms with Crippen LogP contribution >= 0.6 is 11.8 Å². The van der Waals surface area contributed by atoms with Crippen molar-refractivity contribution in [3.63, 3.8) is 0 Å². The van der Waals surface area contributed by atoms with Crippen molar-refractivity contribution in [3.05, 3.63) is 0 Å². The van der Waals surface area contributed by atoms with Crippen LogP contribution in [0, 0.1) is 11.8 Å². The van der Waals surface area contributed by atoms with Crippen LogP contribution in [0.1, 0.15) is 39.5 Å². The summed E-state index contributed by atoms with van der Waals surface area (Å²) in [6.07, 6.45) is 4.54. The fraction of sp³-hybridized carbons (Fsp3) is 0.846. The van der Waals surface area contributed by atoms with Gasteiger partial charge in [-0.25, -0.2) is 0 Å². The van der Waals surface area contributed by atoms with Crippen molar-refractivity contribution in [3.8, 4) is 0 Å². The van der Waals surface area contributed by atoms with Gasteiger partial charge in [0.2, 0.25) is 0 Å². The highest BCUT2D eigenvalue weighted by Gasteiger charge is 2.47. The third-order valence-corrected chi connectivity index (χ3v) is 6.12. The molecule has 3 aliphatic rings. The molecule has 0 aromatic heterocycles. The molecule has 18 heavy (non-hydrogen) atoms. The number of nitrogens with one attached hydrogen (secondary N) is 1. The summed E-state index contributed by atoms with van der Waals surface area (Å²) >= 11 is 1.38. The van der Waals surface area contributed by atoms with Gasteiger partial charge in [0.15, 0.2) is 5.17 Å². The van der Waals surface area contributed by atoms with Gasteiger partial charge in [-0.05, 0) is 44.9 Å². The minimum absolute atomic E-state index is 0.215. The molecule has 2 fully saturated rings. The summed E-state index contributed by atoms with van der Waals surface area (Å²) in [6.45, 7) is 3.42. The first-order chi connectivity index (χ1) is 8.49. The van der Waals surface area contributed by atoms with Gasteiger partial charge in [-0.2, -0.15) is 4.99 Å². The maximum absolute atomic E-state index is 11.9. The van der Waals surface area contributed by atoms with Crippen molar-refractivity contribution in [2.24, 2.45) is 16.8 Å². The normalized spacial score (nSPS) is 44.3. The topological polar surface area (TPSA) is 61.7 Å². The number of aliphatic imine (C=N–C) groups is 1. The van der Waals surface area contributed by atoms with E-state index in [-0.39, 0.29) is 5.91 Å². The summed E-state index contributed by atoms with van der Waals surface area (Å²) in [6, 6.07) is 0.485. The number of amidine groups is 1. The van der Waals surface area contributed by atoms with E-state index >= 15 is 0 Å². The number of amides is 1. The van der Waals surface area contributed by atoms with Crippen LogP contribution in [0.15, 0.2) is 4.99 Å². The van der Waals surface area contributed by atoms with Crippen molar-refractivity contribution in [2.45, 2.75) is 56.4 Å². The highest BCUT2D eigenvalue weighted by atomic mass is 32.2. The Morgan fingerprint density at radius 2 is 2.28 bits per heavy atom. The van der Waals surface area contributed by atoms with Crippen molar-refractivity contribution in [1.29, 1.82) is 0 Å². The van der Waals surface area contributed by atoms with Gasteiger partial charge in [0, 0.05) is 6.04 Å². The Labute approximate surface area is 112 Å². The van der Waals surface area contributed by atoms with Gasteiger partial charge in [0.1, 0.15) is 4.75 Å². The van der Waals surface area contributed by atoms with E-state index in [0.717, 1.165) is 11.8 Å². The summed E-state index contributed by atoms with van der Waals surface area (Å²) in [5.41, 5.74) is 0. The molecule has 0 radical (unpaired) electrons. The SMILES string of the molecule is C[C@@H](O)[C@]1(C)SC(N[C@H]2C[C@@H]3CC[C@H]2C3)=NC1=O. The van der Waals surface area contributed by atoms with Crippen molar-refractivity contribution in [1.82, 2.24) is 5.32 Å². The lowest BCUT2D eigenvalue weighted by molar-refractivity contribution is -0.121. The van der Waals surface area contributed by atoms with Gasteiger partial charge in [0.25, 0.3) is 5.91 Å². The van der Waals surface area contributed by atoms with E-state index in [9.17, 15) is 9.90 Å². The number of carbonyl (C=O) groups is 1. The molecule has 5 atom stereocenters. The molecule has 2 bridgehead atoms. The van der Waals surface area contributed by atoms with Crippen LogP contribution in [0.3, 0.4) is 0 Å². The molecule has 100 valence electrons. The third-order valence-electron chi connectivity index (χ3n) is 4.78. The van der Waals surface area contributed by atoms with E-state index < -0.39 is 10.9 Å². The average Bonchev–Trinajstić information content (AvgIpc) is 2.95. The summed E-state index contributed by atoms with van der Waals surface area (Å²) in [5, 5.41) is 13.9. The molecule has 2 N–H and O–H groups in total. The zero-order valence-corrected chi connectivity index (χ0v) is 11.7. The molecule has 3 rings (SSSR count). The quantitative estimate of drug-likeness (QED) is 0.797. The number of nitrogens with zero attached hydrogens (tertiary/aromatic N) is 1. The zero-order valence-electron chi connectivity index (χ0n) is 10.8. The number of carbonyl (C=O) groups excluding carboxylic acids is 1. The second-order valence-electron chi connectivity index (χ2n) is 6.03. The predicted molar refractivity (Wildman–Crippen MR) is 72.5 cm³/mol. The second-order valence-corrected chi connectivity index (χ2v) is 7.47. The van der Waals surface area contributed by atoms with Crippen LogP contribution in [0.5, 0.6) is 0 Å². The van der Waals surface area contributed by atoms with E-state index in [1.165, 1.54) is 37.4 Å². The number of hydrogen-bond acceptors (Lipinski definition) is 4. The molecule has 4 nitrogen and oxygen atoms in total. The van der Waals surface area contributed by atoms with Gasteiger partial charge in [-0.1, -0.05) is 18.2 Å². The Hall–Kier alpha value is -0.550. The lowest BCUT2D eigenvalue weighted by Crippen LogP contribution is -2.40. The summed E-state index contributed by atoms with van der Waals surface area (Å²) in [7, 11) is 0. The maximum Gasteiger partial charge on any atom is 0.267 e. The maximum atomic E-state index is 11.9. The van der Waals surface area contributed by atoms with Gasteiger partial charge in [0.05, 0.1) is 6.10 Å². The van der Waals surface area contributed by atoms with E-state index in [1.807, 2.05) is 0 Å². The molecule has 0 aromatic carbocycles. The molecule has 0 spiro atoms. The Bertz CT molecular complexity index is 410. The molecule has 1 aliphatic heterocycles. The number of thioether (sulfide) groups is 1. The fourth-order valence-electron chi connectivity index (χ4n) is 3.38. The van der Waals surface area contributed by atoms with Crippen LogP contribution in [0.4, 0.5) is 0 Å². The molecule has 1 heterocycles. The van der Waals surface area contributed by atoms with E-state index in [1.54, 1.807) is 13.8 Å². The highest BCUT2D eigenvalue weighted by Crippen LogP contribution is 2.45. The van der Waals surface area contributed by atoms with Gasteiger partial charge >= 0.3 is 0 Å². The monoisotopic (exact) mass is 268 g/mol. The lowest BCUT2D eigenvalue weighted by atomic mass is 9.96. The summed E-state index contributed by atoms with van der Waals surface area (Å²) in [4.78, 5) is 16.0. The molecular formula is C13H20N2O2S. The molecule has 0 unspecified atom stereocenters. The van der Waals surface area contributed by atoms with Crippen molar-refractivity contribution < 1.29 is 9.90 Å². The molecule has 1 amide bonds. The standard InChI is InChI=1S/C13H20N2O2S/c1-7(16)13(2)11(17)15-12(18-13)14-10-6-8-3-4-9(10)5-8/h7-10,16H,3-6H2,1-2H3,(H,14,15,17)/t7-,8-,9+,10+,13+/m1/s1. The lowest BCUT2D eigenvalue weighted by Gasteiger charge is -2.26. The highest BCUT2D eigenvalue weighted by molar-refractivity contribution is 8.16. The Morgan fingerprint density at radius 3 is 2.78 bits per heavy atom. The van der Waals surface area contributed by atoms with Crippen LogP contribution in [-0.4, -0.2) is 33.1 Å². The van der Waals surface area contributed by atoms with Gasteiger partial charge in [-0.15, -0.1) is 0 Å². The number of hydrogen-bond donors (Lipinski definition) is 2. The number of aliphatic hydroxyl groups is 1. The first kappa shape index (κ1) is 12.5. The van der Waals surface area contributed by atoms with Crippen molar-refractivity contribution in [2.75, 3.05) is 0 Å². The first-order valence-electron chi connectivity index (χ1n) is 6.76. The molecule has 2 aliphatic carbocycles. The average molecular weight is 268 g/mol. The Balaban J connectivity index is 1.65. The van der Waals surface area contributed by atoms with Crippen LogP contribution in [0.2, 0.25) is 0 Å². The molecule has 2 saturated carbocycles. The van der Waals surface area contributed by atoms with Crippen LogP contribution in [0.25, 0.3) is 0 Å². The molecule has 0 saturated heterocycles.